The predicted octanol–water partition coefficient (Wildman–Crippen LogP) is 3.33. The van der Waals surface area contributed by atoms with Crippen LogP contribution in [0.3, 0.4) is 0 Å². The number of aryl methyl sites for hydroxylation is 1. The van der Waals surface area contributed by atoms with E-state index in [1.54, 1.807) is 0 Å². The van der Waals surface area contributed by atoms with Gasteiger partial charge in [-0.1, -0.05) is 25.0 Å². The number of benzene rings is 1. The molecule has 126 valence electrons. The van der Waals surface area contributed by atoms with E-state index >= 15 is 0 Å². The molecule has 1 aliphatic carbocycles. The maximum atomic E-state index is 12.7. The normalized spacial score (nSPS) is 20.2. The van der Waals surface area contributed by atoms with Crippen LogP contribution < -0.4 is 5.32 Å². The summed E-state index contributed by atoms with van der Waals surface area (Å²) in [5.41, 5.74) is 4.40. The van der Waals surface area contributed by atoms with Crippen molar-refractivity contribution in [3.8, 4) is 0 Å². The minimum absolute atomic E-state index is 0.0331. The van der Waals surface area contributed by atoms with Gasteiger partial charge in [-0.2, -0.15) is 5.10 Å². The Morgan fingerprint density at radius 3 is 2.88 bits per heavy atom. The van der Waals surface area contributed by atoms with Gasteiger partial charge < -0.3 is 5.32 Å². The fourth-order valence-corrected chi connectivity index (χ4v) is 4.11. The zero-order valence-electron chi connectivity index (χ0n) is 14.1. The molecule has 5 rings (SSSR count). The second kappa shape index (κ2) is 5.37. The number of amides is 1. The highest BCUT2D eigenvalue weighted by atomic mass is 16.2. The number of aromatic nitrogens is 4. The topological polar surface area (TPSA) is 72.7 Å². The van der Waals surface area contributed by atoms with Crippen molar-refractivity contribution < 1.29 is 4.79 Å². The second-order valence-corrected chi connectivity index (χ2v) is 7.06. The number of carbonyl (C=O) groups is 1. The third-order valence-corrected chi connectivity index (χ3v) is 5.38. The average Bonchev–Trinajstić information content (AvgIpc) is 3.31. The van der Waals surface area contributed by atoms with Gasteiger partial charge in [-0.25, -0.2) is 9.97 Å². The lowest BCUT2D eigenvalue weighted by atomic mass is 9.94. The quantitative estimate of drug-likeness (QED) is 0.781. The van der Waals surface area contributed by atoms with Crippen LogP contribution in [0.15, 0.2) is 30.7 Å². The molecule has 6 heteroatoms. The third kappa shape index (κ3) is 2.24. The van der Waals surface area contributed by atoms with Crippen molar-refractivity contribution in [2.75, 3.05) is 5.32 Å². The van der Waals surface area contributed by atoms with E-state index in [1.807, 2.05) is 36.0 Å². The molecule has 0 spiro atoms. The molecule has 6 nitrogen and oxygen atoms in total. The van der Waals surface area contributed by atoms with Gasteiger partial charge in [0.05, 0.1) is 17.1 Å². The maximum absolute atomic E-state index is 12.7. The number of nitrogens with zero attached hydrogens (tertiary/aromatic N) is 4. The molecule has 1 N–H and O–H groups in total. The van der Waals surface area contributed by atoms with E-state index in [4.69, 9.17) is 0 Å². The van der Waals surface area contributed by atoms with Crippen LogP contribution in [-0.4, -0.2) is 25.7 Å². The molecule has 1 atom stereocenters. The van der Waals surface area contributed by atoms with E-state index in [-0.39, 0.29) is 5.91 Å². The third-order valence-electron chi connectivity index (χ3n) is 5.38. The first kappa shape index (κ1) is 14.6. The molecule has 2 aromatic heterocycles. The Balaban J connectivity index is 1.65. The summed E-state index contributed by atoms with van der Waals surface area (Å²) in [5, 5.41) is 8.52. The van der Waals surface area contributed by atoms with Crippen molar-refractivity contribution in [3.63, 3.8) is 0 Å². The Kier molecular flexibility index (Phi) is 3.13. The van der Waals surface area contributed by atoms with Gasteiger partial charge in [0, 0.05) is 11.9 Å². The Bertz CT molecular complexity index is 987. The summed E-state index contributed by atoms with van der Waals surface area (Å²) in [6.45, 7) is 2.02. The first-order valence-corrected chi connectivity index (χ1v) is 8.82. The van der Waals surface area contributed by atoms with Gasteiger partial charge >= 0.3 is 0 Å². The van der Waals surface area contributed by atoms with E-state index in [0.717, 1.165) is 40.7 Å². The van der Waals surface area contributed by atoms with Crippen LogP contribution in [0, 0.1) is 6.92 Å². The molecule has 3 heterocycles. The largest absolute Gasteiger partial charge is 0.325 e. The minimum atomic E-state index is -0.401. The van der Waals surface area contributed by atoms with Gasteiger partial charge in [-0.15, -0.1) is 0 Å². The zero-order chi connectivity index (χ0) is 17.0. The molecule has 1 saturated carbocycles. The lowest BCUT2D eigenvalue weighted by Crippen LogP contribution is -2.14. The van der Waals surface area contributed by atoms with Gasteiger partial charge in [0.1, 0.15) is 12.2 Å². The lowest BCUT2D eigenvalue weighted by Gasteiger charge is -2.09. The molecule has 0 saturated heterocycles. The first-order valence-electron chi connectivity index (χ1n) is 8.82. The molecule has 1 aliphatic heterocycles. The van der Waals surface area contributed by atoms with Crippen LogP contribution >= 0.6 is 0 Å². The van der Waals surface area contributed by atoms with E-state index in [1.165, 1.54) is 19.2 Å². The lowest BCUT2D eigenvalue weighted by molar-refractivity contribution is -0.116. The van der Waals surface area contributed by atoms with Gasteiger partial charge in [-0.3, -0.25) is 9.48 Å². The molecule has 1 fully saturated rings. The van der Waals surface area contributed by atoms with Crippen LogP contribution in [-0.2, 0) is 4.79 Å². The van der Waals surface area contributed by atoms with Gasteiger partial charge in [0.25, 0.3) is 0 Å². The highest BCUT2D eigenvalue weighted by Crippen LogP contribution is 2.39. The Hall–Kier alpha value is -2.76. The van der Waals surface area contributed by atoms with Crippen LogP contribution in [0.25, 0.3) is 11.0 Å². The van der Waals surface area contributed by atoms with Crippen LogP contribution in [0.4, 0.5) is 5.69 Å². The standard InChI is InChI=1S/C19H19N5O/c1-11-6-7-13-15(8-11)22-19(25)16(13)17-14-9-24(12-4-2-3-5-12)23-18(14)21-10-20-17/h6-10,12,16H,2-5H2,1H3,(H,22,25). The van der Waals surface area contributed by atoms with Crippen molar-refractivity contribution in [3.05, 3.63) is 47.5 Å². The van der Waals surface area contributed by atoms with E-state index < -0.39 is 5.92 Å². The summed E-state index contributed by atoms with van der Waals surface area (Å²) in [7, 11) is 0. The number of anilines is 1. The molecule has 1 aromatic carbocycles. The molecule has 1 amide bonds. The van der Waals surface area contributed by atoms with Crippen LogP contribution in [0.2, 0.25) is 0 Å². The summed E-state index contributed by atoms with van der Waals surface area (Å²) in [6, 6.07) is 6.50. The maximum Gasteiger partial charge on any atom is 0.238 e. The molecule has 1 unspecified atom stereocenters. The van der Waals surface area contributed by atoms with Crippen molar-refractivity contribution in [2.24, 2.45) is 0 Å². The molecule has 3 aromatic rings. The predicted molar refractivity (Wildman–Crippen MR) is 94.5 cm³/mol. The summed E-state index contributed by atoms with van der Waals surface area (Å²) in [5.74, 6) is -0.434. The second-order valence-electron chi connectivity index (χ2n) is 7.06. The highest BCUT2D eigenvalue weighted by Gasteiger charge is 2.35. The number of hydrogen-bond donors (Lipinski definition) is 1. The van der Waals surface area contributed by atoms with Crippen molar-refractivity contribution in [1.29, 1.82) is 0 Å². The van der Waals surface area contributed by atoms with E-state index in [2.05, 4.69) is 20.4 Å². The fourth-order valence-electron chi connectivity index (χ4n) is 4.11. The fraction of sp³-hybridized carbons (Fsp3) is 0.368. The summed E-state index contributed by atoms with van der Waals surface area (Å²) >= 11 is 0. The Labute approximate surface area is 145 Å². The SMILES string of the molecule is Cc1ccc2c(c1)NC(=O)C2c1ncnc2nn(C3CCCC3)cc12. The van der Waals surface area contributed by atoms with Crippen molar-refractivity contribution in [1.82, 2.24) is 19.7 Å². The zero-order valence-corrected chi connectivity index (χ0v) is 14.1. The monoisotopic (exact) mass is 333 g/mol. The number of hydrogen-bond acceptors (Lipinski definition) is 4. The van der Waals surface area contributed by atoms with E-state index in [9.17, 15) is 4.79 Å². The number of rotatable bonds is 2. The van der Waals surface area contributed by atoms with Crippen LogP contribution in [0.1, 0.15) is 54.5 Å². The number of nitrogens with one attached hydrogen (secondary N) is 1. The summed E-state index contributed by atoms with van der Waals surface area (Å²) < 4.78 is 2.03. The molecule has 25 heavy (non-hydrogen) atoms. The Morgan fingerprint density at radius 1 is 1.20 bits per heavy atom. The van der Waals surface area contributed by atoms with Crippen molar-refractivity contribution in [2.45, 2.75) is 44.6 Å². The van der Waals surface area contributed by atoms with Gasteiger partial charge in [0.2, 0.25) is 5.91 Å². The number of carbonyl (C=O) groups excluding carboxylic acids is 1. The molecule has 0 bridgehead atoms. The smallest absolute Gasteiger partial charge is 0.238 e. The Morgan fingerprint density at radius 2 is 2.04 bits per heavy atom. The molecule has 0 radical (unpaired) electrons. The van der Waals surface area contributed by atoms with Crippen molar-refractivity contribution >= 4 is 22.6 Å². The van der Waals surface area contributed by atoms with Gasteiger partial charge in [0.15, 0.2) is 5.65 Å². The first-order chi connectivity index (χ1) is 12.2. The summed E-state index contributed by atoms with van der Waals surface area (Å²) in [4.78, 5) is 21.5. The highest BCUT2D eigenvalue weighted by molar-refractivity contribution is 6.06. The minimum Gasteiger partial charge on any atom is -0.325 e. The average molecular weight is 333 g/mol. The summed E-state index contributed by atoms with van der Waals surface area (Å²) in [6.07, 6.45) is 8.35. The van der Waals surface area contributed by atoms with Crippen LogP contribution in [0.5, 0.6) is 0 Å². The molecular formula is C19H19N5O. The molecule has 2 aliphatic rings. The van der Waals surface area contributed by atoms with Gasteiger partial charge in [-0.05, 0) is 37.0 Å². The number of fused-ring (bicyclic) bond motifs is 2. The van der Waals surface area contributed by atoms with E-state index in [0.29, 0.717) is 11.7 Å². The molecular weight excluding hydrogens is 314 g/mol.